The fourth-order valence-electron chi connectivity index (χ4n) is 4.31. The molecule has 8 nitrogen and oxygen atoms in total. The third-order valence-electron chi connectivity index (χ3n) is 6.89. The number of carbonyl (C=O) groups excluding carboxylic acids is 2. The van der Waals surface area contributed by atoms with Crippen LogP contribution in [0, 0.1) is 6.92 Å². The Morgan fingerprint density at radius 1 is 0.976 bits per heavy atom. The molecule has 3 rings (SSSR count). The lowest BCUT2D eigenvalue weighted by Crippen LogP contribution is -2.53. The van der Waals surface area contributed by atoms with Crippen LogP contribution in [0.15, 0.2) is 77.7 Å². The van der Waals surface area contributed by atoms with E-state index in [4.69, 9.17) is 16.3 Å². The number of halogens is 1. The molecule has 0 heterocycles. The van der Waals surface area contributed by atoms with Gasteiger partial charge in [-0.2, -0.15) is 0 Å². The first-order valence-corrected chi connectivity index (χ1v) is 15.4. The highest BCUT2D eigenvalue weighted by Gasteiger charge is 2.34. The van der Waals surface area contributed by atoms with Crippen molar-refractivity contribution in [3.05, 3.63) is 88.9 Å². The number of anilines is 1. The van der Waals surface area contributed by atoms with Crippen LogP contribution < -0.4 is 14.4 Å². The van der Waals surface area contributed by atoms with E-state index in [2.05, 4.69) is 5.32 Å². The van der Waals surface area contributed by atoms with Gasteiger partial charge in [-0.05, 0) is 62.6 Å². The van der Waals surface area contributed by atoms with Crippen LogP contribution in [0.2, 0.25) is 5.02 Å². The molecule has 2 amide bonds. The van der Waals surface area contributed by atoms with Crippen molar-refractivity contribution < 1.29 is 22.7 Å². The second-order valence-electron chi connectivity index (χ2n) is 9.89. The number of nitrogens with zero attached hydrogens (tertiary/aromatic N) is 2. The van der Waals surface area contributed by atoms with Crippen molar-refractivity contribution in [1.29, 1.82) is 0 Å². The number of aryl methyl sites for hydroxylation is 1. The van der Waals surface area contributed by atoms with E-state index < -0.39 is 28.5 Å². The average molecular weight is 600 g/mol. The largest absolute Gasteiger partial charge is 0.495 e. The summed E-state index contributed by atoms with van der Waals surface area (Å²) in [4.78, 5) is 29.0. The van der Waals surface area contributed by atoms with E-state index in [9.17, 15) is 18.0 Å². The quantitative estimate of drug-likeness (QED) is 0.277. The fourth-order valence-corrected chi connectivity index (χ4v) is 5.99. The topological polar surface area (TPSA) is 96.0 Å². The second kappa shape index (κ2) is 14.4. The van der Waals surface area contributed by atoms with Gasteiger partial charge in [0, 0.05) is 12.6 Å². The van der Waals surface area contributed by atoms with Crippen LogP contribution in [0.5, 0.6) is 5.75 Å². The minimum atomic E-state index is -4.19. The summed E-state index contributed by atoms with van der Waals surface area (Å²) in [5.74, 6) is -0.442. The van der Waals surface area contributed by atoms with E-state index in [1.54, 1.807) is 24.3 Å². The number of amides is 2. The molecule has 3 aromatic carbocycles. The van der Waals surface area contributed by atoms with Crippen molar-refractivity contribution in [1.82, 2.24) is 10.2 Å². The fraction of sp³-hybridized carbons (Fsp3) is 0.355. The molecular weight excluding hydrogens is 562 g/mol. The van der Waals surface area contributed by atoms with Crippen molar-refractivity contribution in [2.75, 3.05) is 18.0 Å². The Morgan fingerprint density at radius 3 is 2.20 bits per heavy atom. The molecule has 0 saturated carbocycles. The summed E-state index contributed by atoms with van der Waals surface area (Å²) in [6.07, 6.45) is 1.08. The lowest BCUT2D eigenvalue weighted by molar-refractivity contribution is -0.140. The molecule has 0 aliphatic carbocycles. The van der Waals surface area contributed by atoms with Gasteiger partial charge in [0.15, 0.2) is 0 Å². The molecule has 0 aromatic heterocycles. The summed E-state index contributed by atoms with van der Waals surface area (Å²) < 4.78 is 34.1. The van der Waals surface area contributed by atoms with Gasteiger partial charge in [0.2, 0.25) is 11.8 Å². The van der Waals surface area contributed by atoms with Crippen LogP contribution >= 0.6 is 11.6 Å². The molecule has 0 spiro atoms. The maximum Gasteiger partial charge on any atom is 0.264 e. The third kappa shape index (κ3) is 8.01. The minimum Gasteiger partial charge on any atom is -0.495 e. The molecule has 0 fully saturated rings. The molecule has 0 aliphatic rings. The maximum atomic E-state index is 14.1. The van der Waals surface area contributed by atoms with Gasteiger partial charge in [0.25, 0.3) is 10.0 Å². The lowest BCUT2D eigenvalue weighted by atomic mass is 10.1. The van der Waals surface area contributed by atoms with Gasteiger partial charge in [0.05, 0.1) is 22.7 Å². The summed E-state index contributed by atoms with van der Waals surface area (Å²) in [6.45, 7) is 7.25. The molecule has 1 N–H and O–H groups in total. The van der Waals surface area contributed by atoms with Gasteiger partial charge in [-0.25, -0.2) is 8.42 Å². The second-order valence-corrected chi connectivity index (χ2v) is 12.2. The summed E-state index contributed by atoms with van der Waals surface area (Å²) >= 11 is 6.37. The van der Waals surface area contributed by atoms with Crippen LogP contribution in [0.3, 0.4) is 0 Å². The number of methoxy groups -OCH3 is 1. The van der Waals surface area contributed by atoms with E-state index in [-0.39, 0.29) is 34.1 Å². The van der Waals surface area contributed by atoms with Crippen LogP contribution in [-0.2, 0) is 26.2 Å². The Hall–Kier alpha value is -3.56. The van der Waals surface area contributed by atoms with E-state index in [0.717, 1.165) is 21.9 Å². The van der Waals surface area contributed by atoms with Gasteiger partial charge in [-0.1, -0.05) is 73.5 Å². The standard InChI is InChI=1S/C31H38ClN3O5S/c1-6-23(4)33-31(37)28(7-2)34(20-24-15-13-22(3)14-16-24)30(36)21-35(25-17-18-29(40-5)27(32)19-25)41(38,39)26-11-9-8-10-12-26/h8-19,23,28H,6-7,20-21H2,1-5H3,(H,33,37). The highest BCUT2D eigenvalue weighted by molar-refractivity contribution is 7.92. The first-order valence-electron chi connectivity index (χ1n) is 13.6. The van der Waals surface area contributed by atoms with Gasteiger partial charge in [0.1, 0.15) is 18.3 Å². The monoisotopic (exact) mass is 599 g/mol. The number of hydrogen-bond donors (Lipinski definition) is 1. The molecule has 0 bridgehead atoms. The van der Waals surface area contributed by atoms with Gasteiger partial charge in [-0.15, -0.1) is 0 Å². The zero-order chi connectivity index (χ0) is 30.2. The number of carbonyl (C=O) groups is 2. The van der Waals surface area contributed by atoms with Crippen LogP contribution in [-0.4, -0.2) is 50.9 Å². The van der Waals surface area contributed by atoms with Gasteiger partial charge < -0.3 is 15.0 Å². The molecule has 0 aliphatic heterocycles. The number of sulfonamides is 1. The summed E-state index contributed by atoms with van der Waals surface area (Å²) in [6, 6.07) is 19.2. The van der Waals surface area contributed by atoms with Crippen molar-refractivity contribution in [2.45, 2.75) is 64.1 Å². The third-order valence-corrected chi connectivity index (χ3v) is 8.98. The van der Waals surface area contributed by atoms with Crippen molar-refractivity contribution in [3.8, 4) is 5.75 Å². The Kier molecular flexibility index (Phi) is 11.2. The van der Waals surface area contributed by atoms with Crippen LogP contribution in [0.25, 0.3) is 0 Å². The molecule has 10 heteroatoms. The molecule has 0 saturated heterocycles. The zero-order valence-electron chi connectivity index (χ0n) is 24.1. The zero-order valence-corrected chi connectivity index (χ0v) is 25.7. The number of ether oxygens (including phenoxy) is 1. The van der Waals surface area contributed by atoms with Gasteiger partial charge in [-0.3, -0.25) is 13.9 Å². The normalized spacial score (nSPS) is 12.7. The summed E-state index contributed by atoms with van der Waals surface area (Å²) in [5.41, 5.74) is 2.08. The highest BCUT2D eigenvalue weighted by atomic mass is 35.5. The molecule has 2 atom stereocenters. The predicted octanol–water partition coefficient (Wildman–Crippen LogP) is 5.57. The molecule has 2 unspecified atom stereocenters. The number of rotatable bonds is 13. The molecule has 0 radical (unpaired) electrons. The van der Waals surface area contributed by atoms with E-state index in [1.165, 1.54) is 36.3 Å². The Labute approximate surface area is 248 Å². The lowest BCUT2D eigenvalue weighted by Gasteiger charge is -2.33. The van der Waals surface area contributed by atoms with E-state index in [1.807, 2.05) is 52.0 Å². The summed E-state index contributed by atoms with van der Waals surface area (Å²) in [5, 5.41) is 3.17. The Morgan fingerprint density at radius 2 is 1.63 bits per heavy atom. The SMILES string of the molecule is CCC(C)NC(=O)C(CC)N(Cc1ccc(C)cc1)C(=O)CN(c1ccc(OC)c(Cl)c1)S(=O)(=O)c1ccccc1. The minimum absolute atomic E-state index is 0.0198. The average Bonchev–Trinajstić information content (AvgIpc) is 2.96. The summed E-state index contributed by atoms with van der Waals surface area (Å²) in [7, 11) is -2.73. The van der Waals surface area contributed by atoms with E-state index >= 15 is 0 Å². The van der Waals surface area contributed by atoms with Crippen molar-refractivity contribution in [2.24, 2.45) is 0 Å². The first kappa shape index (κ1) is 32.0. The number of benzene rings is 3. The Balaban J connectivity index is 2.08. The molecule has 3 aromatic rings. The first-order chi connectivity index (χ1) is 19.5. The number of nitrogens with one attached hydrogen (secondary N) is 1. The van der Waals surface area contributed by atoms with E-state index in [0.29, 0.717) is 12.2 Å². The Bertz CT molecular complexity index is 1430. The van der Waals surface area contributed by atoms with Crippen LogP contribution in [0.1, 0.15) is 44.7 Å². The highest BCUT2D eigenvalue weighted by Crippen LogP contribution is 2.32. The maximum absolute atomic E-state index is 14.1. The smallest absolute Gasteiger partial charge is 0.264 e. The molecule has 220 valence electrons. The molecule has 41 heavy (non-hydrogen) atoms. The number of hydrogen-bond acceptors (Lipinski definition) is 5. The van der Waals surface area contributed by atoms with Gasteiger partial charge >= 0.3 is 0 Å². The van der Waals surface area contributed by atoms with Crippen LogP contribution in [0.4, 0.5) is 5.69 Å². The van der Waals surface area contributed by atoms with Crippen molar-refractivity contribution in [3.63, 3.8) is 0 Å². The van der Waals surface area contributed by atoms with Crippen molar-refractivity contribution >= 4 is 39.1 Å². The molecular formula is C31H38ClN3O5S. The predicted molar refractivity (Wildman–Crippen MR) is 163 cm³/mol.